The summed E-state index contributed by atoms with van der Waals surface area (Å²) in [6, 6.07) is 0. The van der Waals surface area contributed by atoms with Gasteiger partial charge < -0.3 is 10.0 Å². The second-order valence-electron chi connectivity index (χ2n) is 2.35. The lowest BCUT2D eigenvalue weighted by Gasteiger charge is -2.17. The maximum absolute atomic E-state index is 10.5. The first kappa shape index (κ1) is 10.6. The standard InChI is InChI=1S/C7H15NO2S/c1-2-4-8(7(9)10)5-3-6-11/h11H,2-6H2,1H3,(H,9,10). The monoisotopic (exact) mass is 177 g/mol. The number of thiol groups is 1. The van der Waals surface area contributed by atoms with E-state index in [0.29, 0.717) is 13.1 Å². The molecule has 0 bridgehead atoms. The number of hydrogen-bond acceptors (Lipinski definition) is 2. The van der Waals surface area contributed by atoms with Crippen LogP contribution in [0.2, 0.25) is 0 Å². The van der Waals surface area contributed by atoms with E-state index in [0.717, 1.165) is 18.6 Å². The van der Waals surface area contributed by atoms with Crippen LogP contribution in [0.1, 0.15) is 19.8 Å². The zero-order valence-electron chi connectivity index (χ0n) is 6.79. The molecule has 0 heterocycles. The van der Waals surface area contributed by atoms with E-state index in [1.807, 2.05) is 6.92 Å². The van der Waals surface area contributed by atoms with Crippen molar-refractivity contribution in [3.8, 4) is 0 Å². The van der Waals surface area contributed by atoms with Gasteiger partial charge >= 0.3 is 6.09 Å². The number of carbonyl (C=O) groups is 1. The van der Waals surface area contributed by atoms with E-state index in [9.17, 15) is 4.79 Å². The second-order valence-corrected chi connectivity index (χ2v) is 2.79. The number of hydrogen-bond donors (Lipinski definition) is 2. The summed E-state index contributed by atoms with van der Waals surface area (Å²) >= 11 is 4.01. The fraction of sp³-hybridized carbons (Fsp3) is 0.857. The van der Waals surface area contributed by atoms with E-state index >= 15 is 0 Å². The first-order chi connectivity index (χ1) is 5.22. The third kappa shape index (κ3) is 4.95. The van der Waals surface area contributed by atoms with Gasteiger partial charge in [-0.3, -0.25) is 0 Å². The SMILES string of the molecule is CCCN(CCCS)C(=O)O. The van der Waals surface area contributed by atoms with Crippen LogP contribution in [0, 0.1) is 0 Å². The minimum Gasteiger partial charge on any atom is -0.465 e. The summed E-state index contributed by atoms with van der Waals surface area (Å²) in [5.41, 5.74) is 0. The van der Waals surface area contributed by atoms with E-state index in [4.69, 9.17) is 5.11 Å². The van der Waals surface area contributed by atoms with Crippen molar-refractivity contribution in [1.29, 1.82) is 0 Å². The average Bonchev–Trinajstić information content (AvgIpc) is 1.97. The number of rotatable bonds is 5. The van der Waals surface area contributed by atoms with Gasteiger partial charge in [-0.15, -0.1) is 0 Å². The predicted molar refractivity (Wildman–Crippen MR) is 48.4 cm³/mol. The molecule has 11 heavy (non-hydrogen) atoms. The first-order valence-corrected chi connectivity index (χ1v) is 4.44. The molecular weight excluding hydrogens is 162 g/mol. The molecule has 0 unspecified atom stereocenters. The molecule has 0 spiro atoms. The van der Waals surface area contributed by atoms with Gasteiger partial charge in [-0.2, -0.15) is 12.6 Å². The molecule has 0 saturated heterocycles. The largest absolute Gasteiger partial charge is 0.465 e. The molecule has 0 radical (unpaired) electrons. The van der Waals surface area contributed by atoms with Gasteiger partial charge in [0.05, 0.1) is 0 Å². The highest BCUT2D eigenvalue weighted by molar-refractivity contribution is 7.80. The van der Waals surface area contributed by atoms with Crippen LogP contribution >= 0.6 is 12.6 Å². The van der Waals surface area contributed by atoms with Gasteiger partial charge in [0.15, 0.2) is 0 Å². The molecule has 3 nitrogen and oxygen atoms in total. The number of carboxylic acid groups (broad SMARTS) is 1. The minimum atomic E-state index is -0.825. The lowest BCUT2D eigenvalue weighted by Crippen LogP contribution is -2.31. The summed E-state index contributed by atoms with van der Waals surface area (Å²) in [7, 11) is 0. The highest BCUT2D eigenvalue weighted by atomic mass is 32.1. The third-order valence-electron chi connectivity index (χ3n) is 1.35. The van der Waals surface area contributed by atoms with Crippen LogP contribution in [0.3, 0.4) is 0 Å². The van der Waals surface area contributed by atoms with Crippen LogP contribution in [0.5, 0.6) is 0 Å². The molecule has 0 aliphatic heterocycles. The Bertz CT molecular complexity index is 119. The van der Waals surface area contributed by atoms with Gasteiger partial charge in [0.25, 0.3) is 0 Å². The van der Waals surface area contributed by atoms with E-state index in [1.165, 1.54) is 4.90 Å². The summed E-state index contributed by atoms with van der Waals surface area (Å²) < 4.78 is 0. The normalized spacial score (nSPS) is 9.64. The lowest BCUT2D eigenvalue weighted by atomic mass is 10.4. The number of nitrogens with zero attached hydrogens (tertiary/aromatic N) is 1. The Morgan fingerprint density at radius 1 is 1.55 bits per heavy atom. The van der Waals surface area contributed by atoms with Gasteiger partial charge in [0.1, 0.15) is 0 Å². The van der Waals surface area contributed by atoms with Gasteiger partial charge in [-0.1, -0.05) is 6.92 Å². The van der Waals surface area contributed by atoms with Crippen molar-refractivity contribution in [3.05, 3.63) is 0 Å². The molecular formula is C7H15NO2S. The zero-order chi connectivity index (χ0) is 8.69. The molecule has 4 heteroatoms. The van der Waals surface area contributed by atoms with E-state index in [-0.39, 0.29) is 0 Å². The van der Waals surface area contributed by atoms with Crippen molar-refractivity contribution >= 4 is 18.7 Å². The van der Waals surface area contributed by atoms with Crippen LogP contribution in [0.4, 0.5) is 4.79 Å². The molecule has 0 aliphatic rings. The van der Waals surface area contributed by atoms with Gasteiger partial charge in [-0.25, -0.2) is 4.79 Å². The van der Waals surface area contributed by atoms with Crippen molar-refractivity contribution in [3.63, 3.8) is 0 Å². The Hall–Kier alpha value is -0.380. The summed E-state index contributed by atoms with van der Waals surface area (Å²) in [6.45, 7) is 3.20. The van der Waals surface area contributed by atoms with Crippen LogP contribution in [-0.4, -0.2) is 34.9 Å². The summed E-state index contributed by atoms with van der Waals surface area (Å²) in [5.74, 6) is 0.744. The highest BCUT2D eigenvalue weighted by Gasteiger charge is 2.07. The van der Waals surface area contributed by atoms with Gasteiger partial charge in [0.2, 0.25) is 0 Å². The molecule has 1 amide bonds. The second kappa shape index (κ2) is 6.34. The van der Waals surface area contributed by atoms with Gasteiger partial charge in [0, 0.05) is 13.1 Å². The Balaban J connectivity index is 3.60. The van der Waals surface area contributed by atoms with Crippen molar-refractivity contribution in [2.75, 3.05) is 18.8 Å². The smallest absolute Gasteiger partial charge is 0.407 e. The molecule has 0 saturated carbocycles. The first-order valence-electron chi connectivity index (χ1n) is 3.81. The quantitative estimate of drug-likeness (QED) is 0.627. The molecule has 66 valence electrons. The van der Waals surface area contributed by atoms with E-state index < -0.39 is 6.09 Å². The molecule has 0 fully saturated rings. The van der Waals surface area contributed by atoms with Crippen LogP contribution in [-0.2, 0) is 0 Å². The fourth-order valence-electron chi connectivity index (χ4n) is 0.835. The Morgan fingerprint density at radius 2 is 2.18 bits per heavy atom. The molecule has 1 N–H and O–H groups in total. The van der Waals surface area contributed by atoms with Crippen molar-refractivity contribution < 1.29 is 9.90 Å². The van der Waals surface area contributed by atoms with E-state index in [1.54, 1.807) is 0 Å². The number of amides is 1. The molecule has 0 rings (SSSR count). The zero-order valence-corrected chi connectivity index (χ0v) is 7.68. The highest BCUT2D eigenvalue weighted by Crippen LogP contribution is 1.95. The van der Waals surface area contributed by atoms with Crippen LogP contribution in [0.15, 0.2) is 0 Å². The maximum atomic E-state index is 10.5. The predicted octanol–water partition coefficient (Wildman–Crippen LogP) is 1.70. The van der Waals surface area contributed by atoms with Crippen molar-refractivity contribution in [2.45, 2.75) is 19.8 Å². The summed E-state index contributed by atoms with van der Waals surface area (Å²) in [5, 5.41) is 8.63. The molecule has 0 aliphatic carbocycles. The Kier molecular flexibility index (Phi) is 6.12. The molecule has 0 aromatic heterocycles. The molecule has 0 aromatic carbocycles. The van der Waals surface area contributed by atoms with Crippen LogP contribution < -0.4 is 0 Å². The van der Waals surface area contributed by atoms with Crippen molar-refractivity contribution in [2.24, 2.45) is 0 Å². The van der Waals surface area contributed by atoms with Crippen LogP contribution in [0.25, 0.3) is 0 Å². The molecule has 0 aromatic rings. The van der Waals surface area contributed by atoms with E-state index in [2.05, 4.69) is 12.6 Å². The average molecular weight is 177 g/mol. The summed E-state index contributed by atoms with van der Waals surface area (Å²) in [4.78, 5) is 11.9. The van der Waals surface area contributed by atoms with Gasteiger partial charge in [-0.05, 0) is 18.6 Å². The third-order valence-corrected chi connectivity index (χ3v) is 1.67. The topological polar surface area (TPSA) is 40.5 Å². The molecule has 0 atom stereocenters. The lowest BCUT2D eigenvalue weighted by molar-refractivity contribution is 0.145. The summed E-state index contributed by atoms with van der Waals surface area (Å²) in [6.07, 6.45) is 0.877. The fourth-order valence-corrected chi connectivity index (χ4v) is 0.976. The maximum Gasteiger partial charge on any atom is 0.407 e. The minimum absolute atomic E-state index is 0.604. The Labute approximate surface area is 72.8 Å². The Morgan fingerprint density at radius 3 is 2.55 bits per heavy atom. The van der Waals surface area contributed by atoms with Crippen molar-refractivity contribution in [1.82, 2.24) is 4.90 Å².